The Balaban J connectivity index is 2.07. The van der Waals surface area contributed by atoms with Crippen LogP contribution < -0.4 is 5.32 Å². The summed E-state index contributed by atoms with van der Waals surface area (Å²) in [6.07, 6.45) is 3.36. The monoisotopic (exact) mass is 344 g/mol. The molecule has 0 bridgehead atoms. The van der Waals surface area contributed by atoms with Crippen LogP contribution in [0, 0.1) is 19.7 Å². The Labute approximate surface area is 148 Å². The standard InChI is InChI=1S/C20H25FN2O2/c1-14-12-16(8-7-11-22-19(24)25-20(3,4)5)15(2)23(14)18-10-6-9-17(21)13-18/h6-10,12-13H,11H2,1-5H3,(H,22,24). The zero-order valence-electron chi connectivity index (χ0n) is 15.4. The Morgan fingerprint density at radius 2 is 2.00 bits per heavy atom. The lowest BCUT2D eigenvalue weighted by Gasteiger charge is -2.19. The summed E-state index contributed by atoms with van der Waals surface area (Å²) in [5, 5.41) is 2.69. The molecule has 1 heterocycles. The van der Waals surface area contributed by atoms with E-state index in [1.165, 1.54) is 12.1 Å². The number of nitrogens with one attached hydrogen (secondary N) is 1. The summed E-state index contributed by atoms with van der Waals surface area (Å²) in [6.45, 7) is 9.81. The number of rotatable bonds is 4. The van der Waals surface area contributed by atoms with Crippen LogP contribution >= 0.6 is 0 Å². The van der Waals surface area contributed by atoms with Crippen LogP contribution in [0.2, 0.25) is 0 Å². The molecule has 5 heteroatoms. The second-order valence-electron chi connectivity index (χ2n) is 6.93. The largest absolute Gasteiger partial charge is 0.444 e. The summed E-state index contributed by atoms with van der Waals surface area (Å²) in [5.41, 5.74) is 3.33. The number of hydrogen-bond donors (Lipinski definition) is 1. The minimum atomic E-state index is -0.510. The molecule has 0 spiro atoms. The van der Waals surface area contributed by atoms with E-state index in [0.717, 1.165) is 22.6 Å². The Morgan fingerprint density at radius 3 is 2.64 bits per heavy atom. The van der Waals surface area contributed by atoms with Crippen LogP contribution in [0.25, 0.3) is 11.8 Å². The molecule has 1 aromatic heterocycles. The molecular formula is C20H25FN2O2. The molecule has 0 saturated carbocycles. The second-order valence-corrected chi connectivity index (χ2v) is 6.93. The molecule has 0 aliphatic rings. The Morgan fingerprint density at radius 1 is 1.28 bits per heavy atom. The first-order valence-corrected chi connectivity index (χ1v) is 8.25. The van der Waals surface area contributed by atoms with Crippen molar-refractivity contribution in [3.8, 4) is 5.69 Å². The van der Waals surface area contributed by atoms with Gasteiger partial charge in [0.1, 0.15) is 11.4 Å². The highest BCUT2D eigenvalue weighted by Crippen LogP contribution is 2.22. The van der Waals surface area contributed by atoms with Gasteiger partial charge in [-0.05, 0) is 64.4 Å². The van der Waals surface area contributed by atoms with Crippen molar-refractivity contribution >= 4 is 12.2 Å². The summed E-state index contributed by atoms with van der Waals surface area (Å²) in [4.78, 5) is 11.6. The molecule has 0 unspecified atom stereocenters. The smallest absolute Gasteiger partial charge is 0.407 e. The normalized spacial score (nSPS) is 11.8. The molecule has 1 amide bonds. The zero-order valence-corrected chi connectivity index (χ0v) is 15.4. The Kier molecular flexibility index (Phi) is 5.67. The van der Waals surface area contributed by atoms with Crippen LogP contribution in [-0.2, 0) is 4.74 Å². The molecule has 2 rings (SSSR count). The van der Waals surface area contributed by atoms with Gasteiger partial charge >= 0.3 is 6.09 Å². The van der Waals surface area contributed by atoms with E-state index in [0.29, 0.717) is 6.54 Å². The van der Waals surface area contributed by atoms with Crippen LogP contribution in [0.4, 0.5) is 9.18 Å². The van der Waals surface area contributed by atoms with E-state index in [1.54, 1.807) is 6.07 Å². The third kappa shape index (κ3) is 5.21. The molecule has 25 heavy (non-hydrogen) atoms. The molecule has 134 valence electrons. The highest BCUT2D eigenvalue weighted by molar-refractivity contribution is 5.68. The summed E-state index contributed by atoms with van der Waals surface area (Å²) < 4.78 is 20.7. The van der Waals surface area contributed by atoms with E-state index in [9.17, 15) is 9.18 Å². The van der Waals surface area contributed by atoms with Gasteiger partial charge in [0.05, 0.1) is 0 Å². The maximum absolute atomic E-state index is 13.5. The van der Waals surface area contributed by atoms with Gasteiger partial charge in [0.15, 0.2) is 0 Å². The number of ether oxygens (including phenoxy) is 1. The molecule has 0 saturated heterocycles. The van der Waals surface area contributed by atoms with Crippen molar-refractivity contribution in [2.24, 2.45) is 0 Å². The SMILES string of the molecule is Cc1cc(C=CCNC(=O)OC(C)(C)C)c(C)n1-c1cccc(F)c1. The van der Waals surface area contributed by atoms with E-state index < -0.39 is 11.7 Å². The molecule has 0 atom stereocenters. The fraction of sp³-hybridized carbons (Fsp3) is 0.350. The number of aromatic nitrogens is 1. The van der Waals surface area contributed by atoms with E-state index in [1.807, 2.05) is 63.5 Å². The fourth-order valence-corrected chi connectivity index (χ4v) is 2.61. The average molecular weight is 344 g/mol. The van der Waals surface area contributed by atoms with Crippen molar-refractivity contribution in [3.63, 3.8) is 0 Å². The average Bonchev–Trinajstić information content (AvgIpc) is 2.76. The molecule has 0 aliphatic heterocycles. The highest BCUT2D eigenvalue weighted by atomic mass is 19.1. The first-order chi connectivity index (χ1) is 11.7. The van der Waals surface area contributed by atoms with E-state index in [4.69, 9.17) is 4.74 Å². The van der Waals surface area contributed by atoms with Crippen molar-refractivity contribution in [2.45, 2.75) is 40.2 Å². The summed E-state index contributed by atoms with van der Waals surface area (Å²) in [6, 6.07) is 8.55. The number of benzene rings is 1. The molecule has 2 aromatic rings. The maximum Gasteiger partial charge on any atom is 0.407 e. The van der Waals surface area contributed by atoms with Crippen LogP contribution in [0.15, 0.2) is 36.4 Å². The third-order valence-corrected chi connectivity index (χ3v) is 3.60. The number of carbonyl (C=O) groups excluding carboxylic acids is 1. The van der Waals surface area contributed by atoms with Crippen molar-refractivity contribution in [3.05, 3.63) is 59.2 Å². The second kappa shape index (κ2) is 7.55. The molecular weight excluding hydrogens is 319 g/mol. The van der Waals surface area contributed by atoms with Crippen LogP contribution in [0.3, 0.4) is 0 Å². The molecule has 1 N–H and O–H groups in total. The maximum atomic E-state index is 13.5. The van der Waals surface area contributed by atoms with Gasteiger partial charge in [-0.3, -0.25) is 0 Å². The minimum Gasteiger partial charge on any atom is -0.444 e. The van der Waals surface area contributed by atoms with Crippen LogP contribution in [0.1, 0.15) is 37.7 Å². The van der Waals surface area contributed by atoms with E-state index in [2.05, 4.69) is 5.32 Å². The van der Waals surface area contributed by atoms with E-state index >= 15 is 0 Å². The molecule has 1 aromatic carbocycles. The molecule has 4 nitrogen and oxygen atoms in total. The van der Waals surface area contributed by atoms with Gasteiger partial charge in [0, 0.05) is 23.6 Å². The number of aryl methyl sites for hydroxylation is 1. The number of hydrogen-bond acceptors (Lipinski definition) is 2. The topological polar surface area (TPSA) is 43.3 Å². The number of carbonyl (C=O) groups is 1. The molecule has 0 aliphatic carbocycles. The number of nitrogens with zero attached hydrogens (tertiary/aromatic N) is 1. The van der Waals surface area contributed by atoms with Gasteiger partial charge in [-0.1, -0.05) is 18.2 Å². The van der Waals surface area contributed by atoms with Crippen molar-refractivity contribution in [1.29, 1.82) is 0 Å². The van der Waals surface area contributed by atoms with Crippen molar-refractivity contribution < 1.29 is 13.9 Å². The van der Waals surface area contributed by atoms with Gasteiger partial charge in [0.2, 0.25) is 0 Å². The first-order valence-electron chi connectivity index (χ1n) is 8.25. The number of amides is 1. The third-order valence-electron chi connectivity index (χ3n) is 3.60. The zero-order chi connectivity index (χ0) is 18.6. The number of halogens is 1. The quantitative estimate of drug-likeness (QED) is 0.868. The molecule has 0 fully saturated rings. The number of alkyl carbamates (subject to hydrolysis) is 1. The Hall–Kier alpha value is -2.56. The van der Waals surface area contributed by atoms with Gasteiger partial charge in [-0.15, -0.1) is 0 Å². The van der Waals surface area contributed by atoms with Gasteiger partial charge in [-0.2, -0.15) is 0 Å². The predicted octanol–water partition coefficient (Wildman–Crippen LogP) is 4.77. The van der Waals surface area contributed by atoms with E-state index in [-0.39, 0.29) is 5.82 Å². The lowest BCUT2D eigenvalue weighted by molar-refractivity contribution is 0.0534. The van der Waals surface area contributed by atoms with Crippen LogP contribution in [0.5, 0.6) is 0 Å². The van der Waals surface area contributed by atoms with Gasteiger partial charge < -0.3 is 14.6 Å². The van der Waals surface area contributed by atoms with Crippen molar-refractivity contribution in [2.75, 3.05) is 6.54 Å². The first kappa shape index (κ1) is 18.8. The van der Waals surface area contributed by atoms with Gasteiger partial charge in [-0.25, -0.2) is 9.18 Å². The summed E-state index contributed by atoms with van der Waals surface area (Å²) >= 11 is 0. The molecule has 0 radical (unpaired) electrons. The minimum absolute atomic E-state index is 0.261. The van der Waals surface area contributed by atoms with Crippen molar-refractivity contribution in [1.82, 2.24) is 9.88 Å². The lowest BCUT2D eigenvalue weighted by atomic mass is 10.2. The predicted molar refractivity (Wildman–Crippen MR) is 98.5 cm³/mol. The Bertz CT molecular complexity index is 785. The van der Waals surface area contributed by atoms with Gasteiger partial charge in [0.25, 0.3) is 0 Å². The van der Waals surface area contributed by atoms with Crippen LogP contribution in [-0.4, -0.2) is 22.8 Å². The summed E-state index contributed by atoms with van der Waals surface area (Å²) in [7, 11) is 0. The lowest BCUT2D eigenvalue weighted by Crippen LogP contribution is -2.32. The highest BCUT2D eigenvalue weighted by Gasteiger charge is 2.15. The summed E-state index contributed by atoms with van der Waals surface area (Å²) in [5.74, 6) is -0.261. The fourth-order valence-electron chi connectivity index (χ4n) is 2.61.